The summed E-state index contributed by atoms with van der Waals surface area (Å²) in [7, 11) is 3.83. The Morgan fingerprint density at radius 2 is 1.81 bits per heavy atom. The van der Waals surface area contributed by atoms with Crippen molar-refractivity contribution in [2.45, 2.75) is 57.5 Å². The molecule has 2 heterocycles. The molecule has 8 rings (SSSR count). The summed E-state index contributed by atoms with van der Waals surface area (Å²) in [5.74, 6) is -0.0920. The standard InChI is InChI=1S/C40H37BrN2O9.C2H2/c1-7-15-47-32-23-14-13-22(41)18-24(23)33(49-38(46)51-39(2,3)4)28-25(32)16-21-17-26-30(43(5)6)34-29(35(45)40(26)36(50-40)27(21)31(28)44)37(42-52-34)48-19-20-11-9-8-10-12-20;1-2/h7-14,18,21,26,30H,1,15-17,19H2,2-6H3;1-2H/t21?,26-,30-,40+;/m0./s1. The van der Waals surface area contributed by atoms with Crippen LogP contribution in [0.3, 0.4) is 0 Å². The van der Waals surface area contributed by atoms with E-state index in [1.54, 1.807) is 32.9 Å². The van der Waals surface area contributed by atoms with Crippen molar-refractivity contribution < 1.29 is 42.6 Å². The summed E-state index contributed by atoms with van der Waals surface area (Å²) in [5, 5.41) is 5.35. The summed E-state index contributed by atoms with van der Waals surface area (Å²) in [6.07, 6.45) is 9.48. The van der Waals surface area contributed by atoms with E-state index in [4.69, 9.17) is 28.2 Å². The molecule has 278 valence electrons. The largest absolute Gasteiger partial charge is 0.514 e. The maximum atomic E-state index is 15.0. The third-order valence-corrected chi connectivity index (χ3v) is 10.6. The van der Waals surface area contributed by atoms with Crippen molar-refractivity contribution in [3.05, 3.63) is 105 Å². The molecule has 1 saturated heterocycles. The van der Waals surface area contributed by atoms with Gasteiger partial charge in [-0.3, -0.25) is 14.5 Å². The Hall–Kier alpha value is -5.38. The Morgan fingerprint density at radius 3 is 2.50 bits per heavy atom. The monoisotopic (exact) mass is 794 g/mol. The molecule has 54 heavy (non-hydrogen) atoms. The summed E-state index contributed by atoms with van der Waals surface area (Å²) >= 11 is 3.54. The van der Waals surface area contributed by atoms with E-state index in [9.17, 15) is 9.59 Å². The number of ether oxygens (including phenoxy) is 5. The van der Waals surface area contributed by atoms with Gasteiger partial charge in [-0.15, -0.1) is 12.8 Å². The summed E-state index contributed by atoms with van der Waals surface area (Å²) in [4.78, 5) is 44.9. The summed E-state index contributed by atoms with van der Waals surface area (Å²) in [6.45, 7) is 9.39. The van der Waals surface area contributed by atoms with Gasteiger partial charge in [0.25, 0.3) is 5.88 Å². The highest BCUT2D eigenvalue weighted by molar-refractivity contribution is 9.10. The van der Waals surface area contributed by atoms with E-state index in [0.29, 0.717) is 56.5 Å². The van der Waals surface area contributed by atoms with Crippen LogP contribution in [0.15, 0.2) is 81.5 Å². The van der Waals surface area contributed by atoms with Gasteiger partial charge in [-0.1, -0.05) is 58.9 Å². The van der Waals surface area contributed by atoms with Crippen molar-refractivity contribution in [2.75, 3.05) is 20.7 Å². The lowest BCUT2D eigenvalue weighted by Crippen LogP contribution is -2.49. The maximum absolute atomic E-state index is 15.0. The molecular formula is C42H39BrN2O9. The molecule has 0 N–H and O–H groups in total. The van der Waals surface area contributed by atoms with Crippen LogP contribution in [-0.4, -0.2) is 59.7 Å². The Morgan fingerprint density at radius 1 is 1.07 bits per heavy atom. The number of carbonyl (C=O) groups excluding carboxylic acids is 3. The van der Waals surface area contributed by atoms with E-state index in [-0.39, 0.29) is 53.6 Å². The summed E-state index contributed by atoms with van der Waals surface area (Å²) in [5.41, 5.74) is 0.0349. The molecular weight excluding hydrogens is 756 g/mol. The van der Waals surface area contributed by atoms with Gasteiger partial charge in [0.2, 0.25) is 11.4 Å². The van der Waals surface area contributed by atoms with Gasteiger partial charge in [-0.05, 0) is 82.5 Å². The Labute approximate surface area is 321 Å². The van der Waals surface area contributed by atoms with Crippen molar-refractivity contribution in [2.24, 2.45) is 11.8 Å². The number of allylic oxidation sites excluding steroid dienone is 1. The van der Waals surface area contributed by atoms with Gasteiger partial charge >= 0.3 is 6.16 Å². The molecule has 4 aliphatic rings. The molecule has 0 radical (unpaired) electrons. The molecule has 1 unspecified atom stereocenters. The number of ketones is 2. The molecule has 3 aromatic carbocycles. The van der Waals surface area contributed by atoms with Crippen LogP contribution in [0.4, 0.5) is 4.79 Å². The van der Waals surface area contributed by atoms with Gasteiger partial charge in [-0.25, -0.2) is 4.79 Å². The normalized spacial score (nSPS) is 22.0. The first-order valence-electron chi connectivity index (χ1n) is 17.5. The molecule has 1 spiro atoms. The van der Waals surface area contributed by atoms with Crippen molar-refractivity contribution >= 4 is 44.4 Å². The predicted molar refractivity (Wildman–Crippen MR) is 203 cm³/mol. The van der Waals surface area contributed by atoms with Gasteiger partial charge in [-0.2, -0.15) is 0 Å². The fourth-order valence-electron chi connectivity index (χ4n) is 8.07. The third-order valence-electron chi connectivity index (χ3n) is 10.1. The highest BCUT2D eigenvalue weighted by Crippen LogP contribution is 2.66. The molecule has 1 fully saturated rings. The Bertz CT molecular complexity index is 2270. The Balaban J connectivity index is 0.00000221. The van der Waals surface area contributed by atoms with Gasteiger partial charge in [0.05, 0.1) is 11.6 Å². The number of aromatic nitrogens is 1. The van der Waals surface area contributed by atoms with Crippen LogP contribution >= 0.6 is 15.9 Å². The van der Waals surface area contributed by atoms with E-state index in [1.807, 2.05) is 61.5 Å². The minimum Gasteiger partial charge on any atom is -0.489 e. The van der Waals surface area contributed by atoms with Crippen molar-refractivity contribution in [1.29, 1.82) is 0 Å². The summed E-state index contributed by atoms with van der Waals surface area (Å²) in [6, 6.07) is 14.7. The van der Waals surface area contributed by atoms with E-state index >= 15 is 4.79 Å². The highest BCUT2D eigenvalue weighted by atomic mass is 79.9. The number of terminal acetylenes is 1. The quantitative estimate of drug-likeness (QED) is 0.0563. The van der Waals surface area contributed by atoms with E-state index in [0.717, 1.165) is 5.56 Å². The number of benzene rings is 3. The van der Waals surface area contributed by atoms with Crippen LogP contribution in [0.25, 0.3) is 10.8 Å². The molecule has 1 aliphatic heterocycles. The number of hydrogen-bond donors (Lipinski definition) is 0. The topological polar surface area (TPSA) is 130 Å². The second kappa shape index (κ2) is 13.8. The molecule has 0 bridgehead atoms. The van der Waals surface area contributed by atoms with E-state index < -0.39 is 29.2 Å². The predicted octanol–water partition coefficient (Wildman–Crippen LogP) is 8.19. The van der Waals surface area contributed by atoms with E-state index in [1.165, 1.54) is 0 Å². The lowest BCUT2D eigenvalue weighted by atomic mass is 9.61. The smallest absolute Gasteiger partial charge is 0.489 e. The number of fused-ring (bicyclic) bond motifs is 4. The van der Waals surface area contributed by atoms with Crippen LogP contribution in [0.2, 0.25) is 0 Å². The number of epoxide rings is 1. The molecule has 11 nitrogen and oxygen atoms in total. The third kappa shape index (κ3) is 5.96. The zero-order valence-corrected chi connectivity index (χ0v) is 32.2. The fourth-order valence-corrected chi connectivity index (χ4v) is 8.43. The molecule has 4 aromatic rings. The highest BCUT2D eigenvalue weighted by Gasteiger charge is 2.75. The molecule has 12 heteroatoms. The van der Waals surface area contributed by atoms with E-state index in [2.05, 4.69) is 40.5 Å². The number of Topliss-reactive ketones (excluding diaryl/α,β-unsaturated/α-hetero) is 2. The van der Waals surface area contributed by atoms with Crippen LogP contribution < -0.4 is 14.2 Å². The summed E-state index contributed by atoms with van der Waals surface area (Å²) < 4.78 is 36.9. The second-order valence-corrected chi connectivity index (χ2v) is 15.7. The number of rotatable bonds is 8. The van der Waals surface area contributed by atoms with Crippen LogP contribution in [-0.2, 0) is 22.5 Å². The van der Waals surface area contributed by atoms with Crippen LogP contribution in [0.5, 0.6) is 17.4 Å². The average molecular weight is 796 g/mol. The fraction of sp³-hybridized carbons (Fsp3) is 0.333. The minimum absolute atomic E-state index is 0.0546. The number of nitrogens with zero attached hydrogens (tertiary/aromatic N) is 2. The first kappa shape index (κ1) is 37.0. The lowest BCUT2D eigenvalue weighted by molar-refractivity contribution is 0.0207. The first-order valence-corrected chi connectivity index (χ1v) is 18.2. The average Bonchev–Trinajstić information content (AvgIpc) is 3.75. The Kier molecular flexibility index (Phi) is 9.44. The van der Waals surface area contributed by atoms with Gasteiger partial charge in [0, 0.05) is 32.3 Å². The maximum Gasteiger partial charge on any atom is 0.514 e. The zero-order chi connectivity index (χ0) is 38.7. The zero-order valence-electron chi connectivity index (χ0n) is 30.6. The van der Waals surface area contributed by atoms with Crippen molar-refractivity contribution in [1.82, 2.24) is 10.1 Å². The lowest BCUT2D eigenvalue weighted by Gasteiger charge is -2.41. The van der Waals surface area contributed by atoms with Crippen LogP contribution in [0, 0.1) is 24.7 Å². The number of carbonyl (C=O) groups is 3. The minimum atomic E-state index is -1.40. The van der Waals surface area contributed by atoms with Crippen LogP contribution in [0.1, 0.15) is 70.8 Å². The second-order valence-electron chi connectivity index (χ2n) is 14.8. The molecule has 3 aliphatic carbocycles. The van der Waals surface area contributed by atoms with Gasteiger partial charge in [0.1, 0.15) is 30.1 Å². The number of hydrogen-bond acceptors (Lipinski definition) is 11. The van der Waals surface area contributed by atoms with Crippen molar-refractivity contribution in [3.8, 4) is 30.2 Å². The molecule has 1 aromatic heterocycles. The number of halogens is 1. The SMILES string of the molecule is C#C.C=CCOc1c2c(c(OC(=O)OC(C)(C)C)c3cc(Br)ccc13)C(=O)C1=C3O[C@]34C(=O)c3c(OCc5ccccc5)noc3[C@@H](N(C)C)[C@@H]4CC1C2. The van der Waals surface area contributed by atoms with Gasteiger partial charge < -0.3 is 28.2 Å². The molecule has 4 atom stereocenters. The van der Waals surface area contributed by atoms with Gasteiger partial charge in [0.15, 0.2) is 23.1 Å². The molecule has 0 saturated carbocycles. The molecule has 0 amide bonds. The van der Waals surface area contributed by atoms with Crippen molar-refractivity contribution in [3.63, 3.8) is 0 Å². The first-order chi connectivity index (χ1) is 25.8.